The highest BCUT2D eigenvalue weighted by atomic mass is 16.1. The lowest BCUT2D eigenvalue weighted by molar-refractivity contribution is -0.122. The zero-order valence-electron chi connectivity index (χ0n) is 13.1. The van der Waals surface area contributed by atoms with Gasteiger partial charge in [0.25, 0.3) is 0 Å². The summed E-state index contributed by atoms with van der Waals surface area (Å²) in [5, 5.41) is 6.69. The molecule has 0 bridgehead atoms. The summed E-state index contributed by atoms with van der Waals surface area (Å²) in [5.41, 5.74) is 0. The molecule has 0 aromatic carbocycles. The molecule has 1 aliphatic heterocycles. The quantitative estimate of drug-likeness (QED) is 0.784. The van der Waals surface area contributed by atoms with Crippen LogP contribution in [0.25, 0.3) is 0 Å². The van der Waals surface area contributed by atoms with Crippen LogP contribution in [-0.2, 0) is 4.79 Å². The summed E-state index contributed by atoms with van der Waals surface area (Å²) in [6.07, 6.45) is 12.0. The third-order valence-corrected chi connectivity index (χ3v) is 5.09. The molecule has 2 N–H and O–H groups in total. The monoisotopic (exact) mass is 280 g/mol. The molecule has 1 saturated heterocycles. The average molecular weight is 280 g/mol. The highest BCUT2D eigenvalue weighted by Gasteiger charge is 2.22. The van der Waals surface area contributed by atoms with Crippen LogP contribution in [0.1, 0.15) is 71.1 Å². The molecule has 2 fully saturated rings. The molecule has 0 aromatic rings. The van der Waals surface area contributed by atoms with Crippen molar-refractivity contribution in [1.29, 1.82) is 0 Å². The molecule has 1 saturated carbocycles. The molecule has 20 heavy (non-hydrogen) atoms. The van der Waals surface area contributed by atoms with E-state index in [1.807, 2.05) is 0 Å². The van der Waals surface area contributed by atoms with Gasteiger partial charge in [0.05, 0.1) is 0 Å². The Balaban J connectivity index is 1.57. The summed E-state index contributed by atoms with van der Waals surface area (Å²) in [7, 11) is 0. The fourth-order valence-electron chi connectivity index (χ4n) is 3.81. The van der Waals surface area contributed by atoms with Gasteiger partial charge in [-0.1, -0.05) is 19.8 Å². The van der Waals surface area contributed by atoms with Gasteiger partial charge in [-0.05, 0) is 69.9 Å². The second-order valence-electron chi connectivity index (χ2n) is 6.82. The van der Waals surface area contributed by atoms with E-state index < -0.39 is 0 Å². The second kappa shape index (κ2) is 8.66. The van der Waals surface area contributed by atoms with Gasteiger partial charge in [0, 0.05) is 12.5 Å². The smallest absolute Gasteiger partial charge is 0.220 e. The molecule has 1 aliphatic carbocycles. The van der Waals surface area contributed by atoms with Gasteiger partial charge in [0.1, 0.15) is 0 Å². The summed E-state index contributed by atoms with van der Waals surface area (Å²) in [5.74, 6) is 1.92. The maximum Gasteiger partial charge on any atom is 0.220 e. The highest BCUT2D eigenvalue weighted by molar-refractivity contribution is 5.76. The molecule has 1 amide bonds. The molecule has 0 radical (unpaired) electrons. The van der Waals surface area contributed by atoms with Gasteiger partial charge in [-0.2, -0.15) is 0 Å². The van der Waals surface area contributed by atoms with E-state index in [-0.39, 0.29) is 5.91 Å². The van der Waals surface area contributed by atoms with Crippen molar-refractivity contribution in [2.24, 2.45) is 11.8 Å². The fraction of sp³-hybridized carbons (Fsp3) is 0.941. The Morgan fingerprint density at radius 2 is 1.90 bits per heavy atom. The van der Waals surface area contributed by atoms with Gasteiger partial charge in [0.15, 0.2) is 0 Å². The number of carbonyl (C=O) groups is 1. The van der Waals surface area contributed by atoms with Gasteiger partial charge in [-0.15, -0.1) is 0 Å². The summed E-state index contributed by atoms with van der Waals surface area (Å²) in [6.45, 7) is 4.53. The van der Waals surface area contributed by atoms with Crippen LogP contribution in [0, 0.1) is 11.8 Å². The zero-order valence-corrected chi connectivity index (χ0v) is 13.1. The number of amides is 1. The molecular formula is C17H32N2O. The van der Waals surface area contributed by atoms with E-state index in [0.717, 1.165) is 37.8 Å². The molecule has 2 rings (SSSR count). The van der Waals surface area contributed by atoms with Crippen LogP contribution in [0.2, 0.25) is 0 Å². The standard InChI is InChI=1S/C17H32N2O/c1-2-4-14-6-9-16(10-7-14)19-17(20)11-8-15-5-3-12-18-13-15/h14-16,18H,2-13H2,1H3,(H,19,20). The number of nitrogens with one attached hydrogen (secondary N) is 2. The second-order valence-corrected chi connectivity index (χ2v) is 6.82. The van der Waals surface area contributed by atoms with Crippen LogP contribution in [0.15, 0.2) is 0 Å². The van der Waals surface area contributed by atoms with Crippen LogP contribution in [-0.4, -0.2) is 25.0 Å². The number of carbonyl (C=O) groups excluding carboxylic acids is 1. The lowest BCUT2D eigenvalue weighted by Gasteiger charge is -2.29. The average Bonchev–Trinajstić information content (AvgIpc) is 2.49. The summed E-state index contributed by atoms with van der Waals surface area (Å²) in [6, 6.07) is 0.458. The first kappa shape index (κ1) is 15.8. The maximum absolute atomic E-state index is 12.0. The van der Waals surface area contributed by atoms with Gasteiger partial charge in [0.2, 0.25) is 5.91 Å². The van der Waals surface area contributed by atoms with Crippen molar-refractivity contribution >= 4 is 5.91 Å². The normalized spacial score (nSPS) is 30.9. The Morgan fingerprint density at radius 3 is 2.55 bits per heavy atom. The number of piperidine rings is 1. The van der Waals surface area contributed by atoms with Crippen molar-refractivity contribution in [1.82, 2.24) is 10.6 Å². The van der Waals surface area contributed by atoms with E-state index in [4.69, 9.17) is 0 Å². The van der Waals surface area contributed by atoms with Gasteiger partial charge in [-0.25, -0.2) is 0 Å². The third-order valence-electron chi connectivity index (χ3n) is 5.09. The van der Waals surface area contributed by atoms with E-state index in [2.05, 4.69) is 17.6 Å². The van der Waals surface area contributed by atoms with Crippen LogP contribution >= 0.6 is 0 Å². The van der Waals surface area contributed by atoms with E-state index in [0.29, 0.717) is 6.04 Å². The minimum absolute atomic E-state index is 0.287. The number of rotatable bonds is 6. The minimum atomic E-state index is 0.287. The lowest BCUT2D eigenvalue weighted by Crippen LogP contribution is -2.38. The van der Waals surface area contributed by atoms with Crippen LogP contribution in [0.4, 0.5) is 0 Å². The maximum atomic E-state index is 12.0. The van der Waals surface area contributed by atoms with Crippen molar-refractivity contribution in [2.45, 2.75) is 77.2 Å². The predicted octanol–water partition coefficient (Wildman–Crippen LogP) is 3.24. The molecule has 0 spiro atoms. The Bertz CT molecular complexity index is 279. The van der Waals surface area contributed by atoms with Gasteiger partial charge >= 0.3 is 0 Å². The van der Waals surface area contributed by atoms with E-state index in [9.17, 15) is 4.79 Å². The molecular weight excluding hydrogens is 248 g/mol. The van der Waals surface area contributed by atoms with E-state index in [1.54, 1.807) is 0 Å². The first-order valence-corrected chi connectivity index (χ1v) is 8.78. The van der Waals surface area contributed by atoms with Gasteiger partial charge < -0.3 is 10.6 Å². The van der Waals surface area contributed by atoms with Crippen molar-refractivity contribution in [2.75, 3.05) is 13.1 Å². The van der Waals surface area contributed by atoms with Gasteiger partial charge in [-0.3, -0.25) is 4.79 Å². The molecule has 3 heteroatoms. The molecule has 1 unspecified atom stereocenters. The Morgan fingerprint density at radius 1 is 1.10 bits per heavy atom. The van der Waals surface area contributed by atoms with Crippen LogP contribution < -0.4 is 10.6 Å². The Hall–Kier alpha value is -0.570. The molecule has 3 nitrogen and oxygen atoms in total. The largest absolute Gasteiger partial charge is 0.353 e. The Labute approximate surface area is 124 Å². The summed E-state index contributed by atoms with van der Waals surface area (Å²) < 4.78 is 0. The minimum Gasteiger partial charge on any atom is -0.353 e. The number of hydrogen-bond donors (Lipinski definition) is 2. The number of hydrogen-bond acceptors (Lipinski definition) is 2. The lowest BCUT2D eigenvalue weighted by atomic mass is 9.83. The summed E-state index contributed by atoms with van der Waals surface area (Å²) in [4.78, 5) is 12.0. The molecule has 1 heterocycles. The van der Waals surface area contributed by atoms with Crippen molar-refractivity contribution < 1.29 is 4.79 Å². The zero-order chi connectivity index (χ0) is 14.2. The predicted molar refractivity (Wildman–Crippen MR) is 83.6 cm³/mol. The summed E-state index contributed by atoms with van der Waals surface area (Å²) >= 11 is 0. The van der Waals surface area contributed by atoms with Crippen LogP contribution in [0.5, 0.6) is 0 Å². The molecule has 116 valence electrons. The topological polar surface area (TPSA) is 41.1 Å². The molecule has 0 aromatic heterocycles. The first-order valence-electron chi connectivity index (χ1n) is 8.78. The fourth-order valence-corrected chi connectivity index (χ4v) is 3.81. The van der Waals surface area contributed by atoms with Crippen LogP contribution in [0.3, 0.4) is 0 Å². The Kier molecular flexibility index (Phi) is 6.85. The first-order chi connectivity index (χ1) is 9.78. The third kappa shape index (κ3) is 5.43. The van der Waals surface area contributed by atoms with Crippen molar-refractivity contribution in [3.8, 4) is 0 Å². The van der Waals surface area contributed by atoms with Crippen molar-refractivity contribution in [3.05, 3.63) is 0 Å². The molecule has 2 aliphatic rings. The molecule has 1 atom stereocenters. The highest BCUT2D eigenvalue weighted by Crippen LogP contribution is 2.27. The van der Waals surface area contributed by atoms with E-state index in [1.165, 1.54) is 51.4 Å². The SMILES string of the molecule is CCCC1CCC(NC(=O)CCC2CCCNC2)CC1. The van der Waals surface area contributed by atoms with E-state index >= 15 is 0 Å². The van der Waals surface area contributed by atoms with Crippen molar-refractivity contribution in [3.63, 3.8) is 0 Å².